The molecule has 1 atom stereocenters. The van der Waals surface area contributed by atoms with E-state index in [4.69, 9.17) is 4.98 Å². The zero-order valence-electron chi connectivity index (χ0n) is 16.3. The molecular formula is C25H23N3O. The second kappa shape index (κ2) is 8.57. The molecule has 4 nitrogen and oxygen atoms in total. The second-order valence-corrected chi connectivity index (χ2v) is 7.00. The first-order chi connectivity index (χ1) is 14.2. The number of aromatic nitrogens is 2. The summed E-state index contributed by atoms with van der Waals surface area (Å²) in [4.78, 5) is 17.3. The van der Waals surface area contributed by atoms with Crippen molar-refractivity contribution < 1.29 is 4.79 Å². The maximum atomic E-state index is 12.4. The van der Waals surface area contributed by atoms with Crippen LogP contribution in [0.4, 0.5) is 0 Å². The first-order valence-electron chi connectivity index (χ1n) is 9.73. The molecule has 1 aromatic heterocycles. The Morgan fingerprint density at radius 2 is 1.62 bits per heavy atom. The van der Waals surface area contributed by atoms with Gasteiger partial charge >= 0.3 is 0 Å². The van der Waals surface area contributed by atoms with E-state index < -0.39 is 0 Å². The normalized spacial score (nSPS) is 12.3. The minimum atomic E-state index is -0.223. The molecule has 0 saturated carbocycles. The summed E-state index contributed by atoms with van der Waals surface area (Å²) in [6, 6.07) is 27.9. The Hall–Kier alpha value is -3.66. The van der Waals surface area contributed by atoms with Crippen LogP contribution in [0.15, 0.2) is 91.0 Å². The number of benzene rings is 3. The van der Waals surface area contributed by atoms with Crippen LogP contribution < -0.4 is 5.32 Å². The van der Waals surface area contributed by atoms with E-state index in [1.807, 2.05) is 79.7 Å². The van der Waals surface area contributed by atoms with Gasteiger partial charge in [-0.1, -0.05) is 72.8 Å². The topological polar surface area (TPSA) is 46.9 Å². The van der Waals surface area contributed by atoms with E-state index >= 15 is 0 Å². The number of rotatable bonds is 6. The Labute approximate surface area is 170 Å². The van der Waals surface area contributed by atoms with Gasteiger partial charge in [-0.2, -0.15) is 0 Å². The number of nitrogens with zero attached hydrogens (tertiary/aromatic N) is 2. The van der Waals surface area contributed by atoms with Crippen LogP contribution in [0.25, 0.3) is 17.1 Å². The number of carbonyl (C=O) groups excluding carboxylic acids is 1. The van der Waals surface area contributed by atoms with Crippen molar-refractivity contribution in [3.8, 4) is 0 Å². The predicted molar refractivity (Wildman–Crippen MR) is 117 cm³/mol. The predicted octanol–water partition coefficient (Wildman–Crippen LogP) is 4.98. The molecule has 3 aromatic carbocycles. The van der Waals surface area contributed by atoms with Crippen molar-refractivity contribution in [1.29, 1.82) is 0 Å². The molecule has 0 bridgehead atoms. The van der Waals surface area contributed by atoms with E-state index in [-0.39, 0.29) is 11.9 Å². The standard InChI is InChI=1S/C25H23N3O/c1-19(26-24(29)17-16-20-10-4-2-5-11-20)25-27-22-14-8-9-15-23(22)28(25)18-21-12-6-3-7-13-21/h2-17,19H,18H2,1H3,(H,26,29)/b17-16+/t19-/m0/s1. The molecule has 4 aromatic rings. The summed E-state index contributed by atoms with van der Waals surface area (Å²) in [6.45, 7) is 2.67. The van der Waals surface area contributed by atoms with Gasteiger partial charge < -0.3 is 9.88 Å². The fourth-order valence-corrected chi connectivity index (χ4v) is 3.42. The number of amides is 1. The smallest absolute Gasteiger partial charge is 0.244 e. The zero-order chi connectivity index (χ0) is 20.1. The van der Waals surface area contributed by atoms with Gasteiger partial charge in [-0.05, 0) is 36.3 Å². The number of para-hydroxylation sites is 2. The molecule has 0 aliphatic rings. The molecule has 0 saturated heterocycles. The fraction of sp³-hybridized carbons (Fsp3) is 0.120. The van der Waals surface area contributed by atoms with E-state index in [1.165, 1.54) is 5.56 Å². The first kappa shape index (κ1) is 18.7. The van der Waals surface area contributed by atoms with Gasteiger partial charge in [0.15, 0.2) is 0 Å². The van der Waals surface area contributed by atoms with Gasteiger partial charge in [0.25, 0.3) is 0 Å². The molecule has 1 N–H and O–H groups in total. The number of hydrogen-bond acceptors (Lipinski definition) is 2. The zero-order valence-corrected chi connectivity index (χ0v) is 16.3. The third-order valence-corrected chi connectivity index (χ3v) is 4.84. The van der Waals surface area contributed by atoms with Crippen molar-refractivity contribution in [2.45, 2.75) is 19.5 Å². The fourth-order valence-electron chi connectivity index (χ4n) is 3.42. The Morgan fingerprint density at radius 3 is 2.38 bits per heavy atom. The number of carbonyl (C=O) groups is 1. The maximum absolute atomic E-state index is 12.4. The van der Waals surface area contributed by atoms with Gasteiger partial charge in [0, 0.05) is 12.6 Å². The van der Waals surface area contributed by atoms with Crippen LogP contribution in [-0.4, -0.2) is 15.5 Å². The number of fused-ring (bicyclic) bond motifs is 1. The van der Waals surface area contributed by atoms with E-state index in [2.05, 4.69) is 28.1 Å². The summed E-state index contributed by atoms with van der Waals surface area (Å²) < 4.78 is 2.18. The van der Waals surface area contributed by atoms with Crippen LogP contribution in [0.3, 0.4) is 0 Å². The third-order valence-electron chi connectivity index (χ3n) is 4.84. The summed E-state index contributed by atoms with van der Waals surface area (Å²) in [6.07, 6.45) is 3.38. The molecular weight excluding hydrogens is 358 g/mol. The minimum absolute atomic E-state index is 0.139. The largest absolute Gasteiger partial charge is 0.343 e. The minimum Gasteiger partial charge on any atom is -0.343 e. The molecule has 1 amide bonds. The molecule has 0 spiro atoms. The molecule has 0 aliphatic heterocycles. The Morgan fingerprint density at radius 1 is 0.966 bits per heavy atom. The third kappa shape index (κ3) is 4.43. The highest BCUT2D eigenvalue weighted by atomic mass is 16.1. The second-order valence-electron chi connectivity index (χ2n) is 7.00. The van der Waals surface area contributed by atoms with Crippen molar-refractivity contribution in [1.82, 2.24) is 14.9 Å². The summed E-state index contributed by atoms with van der Waals surface area (Å²) in [5.41, 5.74) is 4.18. The SMILES string of the molecule is C[C@H](NC(=O)/C=C/c1ccccc1)c1nc2ccccc2n1Cc1ccccc1. The van der Waals surface area contributed by atoms with E-state index in [1.54, 1.807) is 6.08 Å². The van der Waals surface area contributed by atoms with Crippen LogP contribution in [0.2, 0.25) is 0 Å². The van der Waals surface area contributed by atoms with Crippen molar-refractivity contribution >= 4 is 23.0 Å². The summed E-state index contributed by atoms with van der Waals surface area (Å²) in [5.74, 6) is 0.705. The molecule has 4 heteroatoms. The first-order valence-corrected chi connectivity index (χ1v) is 9.73. The van der Waals surface area contributed by atoms with Crippen molar-refractivity contribution in [2.24, 2.45) is 0 Å². The van der Waals surface area contributed by atoms with Gasteiger partial charge in [0.1, 0.15) is 5.82 Å². The van der Waals surface area contributed by atoms with E-state index in [9.17, 15) is 4.79 Å². The highest BCUT2D eigenvalue weighted by molar-refractivity contribution is 5.92. The average Bonchev–Trinajstić information content (AvgIpc) is 3.12. The molecule has 29 heavy (non-hydrogen) atoms. The van der Waals surface area contributed by atoms with Gasteiger partial charge in [0.2, 0.25) is 5.91 Å². The molecule has 144 valence electrons. The lowest BCUT2D eigenvalue weighted by atomic mass is 10.2. The lowest BCUT2D eigenvalue weighted by molar-refractivity contribution is -0.117. The lowest BCUT2D eigenvalue weighted by Gasteiger charge is -2.16. The molecule has 0 radical (unpaired) electrons. The highest BCUT2D eigenvalue weighted by Crippen LogP contribution is 2.22. The van der Waals surface area contributed by atoms with Crippen molar-refractivity contribution in [3.63, 3.8) is 0 Å². The van der Waals surface area contributed by atoms with Gasteiger partial charge in [-0.15, -0.1) is 0 Å². The summed E-state index contributed by atoms with van der Waals surface area (Å²) >= 11 is 0. The van der Waals surface area contributed by atoms with Crippen molar-refractivity contribution in [3.05, 3.63) is 108 Å². The summed E-state index contributed by atoms with van der Waals surface area (Å²) in [7, 11) is 0. The molecule has 0 unspecified atom stereocenters. The Kier molecular flexibility index (Phi) is 5.52. The molecule has 4 rings (SSSR count). The Balaban J connectivity index is 1.58. The van der Waals surface area contributed by atoms with E-state index in [0.29, 0.717) is 6.54 Å². The molecule has 0 aliphatic carbocycles. The van der Waals surface area contributed by atoms with Crippen molar-refractivity contribution in [2.75, 3.05) is 0 Å². The number of nitrogens with one attached hydrogen (secondary N) is 1. The van der Waals surface area contributed by atoms with Gasteiger partial charge in [0.05, 0.1) is 17.1 Å². The Bertz CT molecular complexity index is 1130. The van der Waals surface area contributed by atoms with Crippen LogP contribution in [0.5, 0.6) is 0 Å². The maximum Gasteiger partial charge on any atom is 0.244 e. The lowest BCUT2D eigenvalue weighted by Crippen LogP contribution is -2.27. The van der Waals surface area contributed by atoms with Gasteiger partial charge in [-0.3, -0.25) is 4.79 Å². The average molecular weight is 381 g/mol. The summed E-state index contributed by atoms with van der Waals surface area (Å²) in [5, 5.41) is 3.04. The number of hydrogen-bond donors (Lipinski definition) is 1. The number of imidazole rings is 1. The van der Waals surface area contributed by atoms with E-state index in [0.717, 1.165) is 22.4 Å². The van der Waals surface area contributed by atoms with Gasteiger partial charge in [-0.25, -0.2) is 4.98 Å². The van der Waals surface area contributed by atoms with Crippen LogP contribution in [-0.2, 0) is 11.3 Å². The monoisotopic (exact) mass is 381 g/mol. The highest BCUT2D eigenvalue weighted by Gasteiger charge is 2.17. The van der Waals surface area contributed by atoms with Crippen LogP contribution in [0, 0.1) is 0 Å². The molecule has 0 fully saturated rings. The molecule has 1 heterocycles. The van der Waals surface area contributed by atoms with Crippen LogP contribution >= 0.6 is 0 Å². The van der Waals surface area contributed by atoms with Crippen LogP contribution in [0.1, 0.15) is 29.9 Å². The quantitative estimate of drug-likeness (QED) is 0.479.